The molecule has 5 rings (SSSR count). The van der Waals surface area contributed by atoms with E-state index < -0.39 is 11.4 Å². The highest BCUT2D eigenvalue weighted by atomic mass is 16.4. The maximum atomic E-state index is 12.6. The van der Waals surface area contributed by atoms with Crippen molar-refractivity contribution in [2.45, 2.75) is 85.6 Å². The van der Waals surface area contributed by atoms with Crippen molar-refractivity contribution in [1.29, 1.82) is 0 Å². The fourth-order valence-electron chi connectivity index (χ4n) is 6.67. The number of aliphatic carboxylic acids is 1. The number of carbonyl (C=O) groups is 1. The molecule has 0 saturated heterocycles. The first-order valence-electron chi connectivity index (χ1n) is 14.7. The molecular weight excluding hydrogens is 498 g/mol. The quantitative estimate of drug-likeness (QED) is 0.251. The average Bonchev–Trinajstić information content (AvgIpc) is 3.53. The predicted molar refractivity (Wildman–Crippen MR) is 158 cm³/mol. The fourth-order valence-corrected chi connectivity index (χ4v) is 6.67. The molecule has 0 amide bonds. The van der Waals surface area contributed by atoms with E-state index in [1.165, 1.54) is 43.2 Å². The van der Waals surface area contributed by atoms with Crippen LogP contribution in [-0.4, -0.2) is 35.6 Å². The summed E-state index contributed by atoms with van der Waals surface area (Å²) in [6.45, 7) is 10.8. The molecule has 1 unspecified atom stereocenters. The lowest BCUT2D eigenvalue weighted by atomic mass is 9.69. The van der Waals surface area contributed by atoms with Gasteiger partial charge in [-0.15, -0.1) is 5.10 Å². The van der Waals surface area contributed by atoms with E-state index in [4.69, 9.17) is 4.98 Å². The average molecular weight is 542 g/mol. The van der Waals surface area contributed by atoms with Gasteiger partial charge >= 0.3 is 5.97 Å². The number of nitrogens with zero attached hydrogens (tertiary/aromatic N) is 5. The highest BCUT2D eigenvalue weighted by molar-refractivity contribution is 5.81. The second-order valence-electron chi connectivity index (χ2n) is 12.5. The van der Waals surface area contributed by atoms with Crippen LogP contribution in [0.4, 0.5) is 0 Å². The minimum absolute atomic E-state index is 0.355. The van der Waals surface area contributed by atoms with Crippen molar-refractivity contribution in [3.8, 4) is 0 Å². The molecule has 212 valence electrons. The van der Waals surface area contributed by atoms with Crippen LogP contribution in [0.25, 0.3) is 11.0 Å². The van der Waals surface area contributed by atoms with Crippen LogP contribution in [0.1, 0.15) is 92.4 Å². The Labute approximate surface area is 237 Å². The zero-order valence-corrected chi connectivity index (χ0v) is 24.8. The number of aromatic nitrogens is 5. The lowest BCUT2D eigenvalue weighted by molar-refractivity contribution is -0.147. The molecule has 4 aromatic rings. The van der Waals surface area contributed by atoms with Gasteiger partial charge in [0.15, 0.2) is 0 Å². The third-order valence-electron chi connectivity index (χ3n) is 9.53. The van der Waals surface area contributed by atoms with Crippen LogP contribution in [-0.2, 0) is 24.8 Å². The van der Waals surface area contributed by atoms with Crippen LogP contribution in [0.5, 0.6) is 0 Å². The summed E-state index contributed by atoms with van der Waals surface area (Å²) in [5.41, 5.74) is 6.05. The number of benzene rings is 2. The molecule has 2 aromatic heterocycles. The Bertz CT molecular complexity index is 1510. The lowest BCUT2D eigenvalue weighted by Gasteiger charge is -2.33. The van der Waals surface area contributed by atoms with Crippen molar-refractivity contribution in [3.05, 3.63) is 76.4 Å². The molecule has 1 aliphatic rings. The molecule has 0 radical (unpaired) electrons. The van der Waals surface area contributed by atoms with Gasteiger partial charge in [-0.2, -0.15) is 0 Å². The summed E-state index contributed by atoms with van der Waals surface area (Å²) in [4.78, 5) is 17.4. The van der Waals surface area contributed by atoms with E-state index in [2.05, 4.69) is 59.2 Å². The topological polar surface area (TPSA) is 85.8 Å². The van der Waals surface area contributed by atoms with Crippen molar-refractivity contribution in [3.63, 3.8) is 0 Å². The number of imidazole rings is 1. The smallest absolute Gasteiger partial charge is 0.310 e. The van der Waals surface area contributed by atoms with Crippen LogP contribution in [0, 0.1) is 31.1 Å². The highest BCUT2D eigenvalue weighted by Crippen LogP contribution is 2.44. The van der Waals surface area contributed by atoms with Crippen molar-refractivity contribution < 1.29 is 9.90 Å². The van der Waals surface area contributed by atoms with Crippen molar-refractivity contribution in [2.24, 2.45) is 24.3 Å². The van der Waals surface area contributed by atoms with Crippen molar-refractivity contribution >= 4 is 17.0 Å². The normalized spacial score (nSPS) is 18.8. The van der Waals surface area contributed by atoms with E-state index >= 15 is 0 Å². The molecule has 40 heavy (non-hydrogen) atoms. The number of fused-ring (bicyclic) bond motifs is 1. The number of carboxylic acids is 1. The van der Waals surface area contributed by atoms with Gasteiger partial charge in [0.05, 0.1) is 10.9 Å². The number of carboxylic acid groups (broad SMARTS) is 1. The summed E-state index contributed by atoms with van der Waals surface area (Å²) in [6, 6.07) is 10.5. The lowest BCUT2D eigenvalue weighted by Crippen LogP contribution is -2.32. The van der Waals surface area contributed by atoms with E-state index in [9.17, 15) is 9.90 Å². The molecular formula is C33H43N5O2. The third kappa shape index (κ3) is 5.30. The number of hydrogen-bond donors (Lipinski definition) is 1. The molecule has 1 N–H and O–H groups in total. The van der Waals surface area contributed by atoms with E-state index in [-0.39, 0.29) is 5.92 Å². The first kappa shape index (κ1) is 28.1. The Morgan fingerprint density at radius 3 is 2.52 bits per heavy atom. The van der Waals surface area contributed by atoms with Gasteiger partial charge < -0.3 is 9.67 Å². The van der Waals surface area contributed by atoms with E-state index in [0.717, 1.165) is 52.4 Å². The number of hydrogen-bond acceptors (Lipinski definition) is 4. The molecule has 1 aliphatic carbocycles. The number of rotatable bonds is 9. The minimum Gasteiger partial charge on any atom is -0.481 e. The van der Waals surface area contributed by atoms with Crippen LogP contribution >= 0.6 is 0 Å². The van der Waals surface area contributed by atoms with Crippen molar-refractivity contribution in [2.75, 3.05) is 0 Å². The van der Waals surface area contributed by atoms with Gasteiger partial charge in [0.2, 0.25) is 0 Å². The summed E-state index contributed by atoms with van der Waals surface area (Å²) in [6.07, 6.45) is 11.6. The SMILES string of the molecule is CCC1CCC(Cc2nccn2Cc2cc(C(c3ccc4c(nnn4C)c3C)C(C)(C)C(=O)O)ccc2C)CC1. The molecule has 1 saturated carbocycles. The molecule has 0 aliphatic heterocycles. The molecule has 0 bridgehead atoms. The Morgan fingerprint density at radius 1 is 1.10 bits per heavy atom. The second kappa shape index (κ2) is 11.2. The largest absolute Gasteiger partial charge is 0.481 e. The zero-order valence-electron chi connectivity index (χ0n) is 24.8. The van der Waals surface area contributed by atoms with Gasteiger partial charge in [-0.05, 0) is 86.3 Å². The van der Waals surface area contributed by atoms with Gasteiger partial charge in [0.25, 0.3) is 0 Å². The van der Waals surface area contributed by atoms with Crippen LogP contribution in [0.15, 0.2) is 42.7 Å². The second-order valence-corrected chi connectivity index (χ2v) is 12.5. The first-order valence-corrected chi connectivity index (χ1v) is 14.7. The maximum Gasteiger partial charge on any atom is 0.310 e. The van der Waals surface area contributed by atoms with Gasteiger partial charge in [-0.25, -0.2) is 9.67 Å². The standard InChI is InChI=1S/C33H43N5O2/c1-7-23-9-11-24(12-10-23)18-29-34-16-17-38(29)20-26-19-25(13-8-21(26)2)30(33(4,5)32(39)40)27-14-15-28-31(22(27)3)35-36-37(28)6/h8,13-17,19,23-24,30H,7,9-12,18,20H2,1-6H3,(H,39,40). The molecule has 1 fully saturated rings. The number of aryl methyl sites for hydroxylation is 3. The van der Waals surface area contributed by atoms with E-state index in [1.54, 1.807) is 4.68 Å². The Morgan fingerprint density at radius 2 is 1.82 bits per heavy atom. The van der Waals surface area contributed by atoms with Crippen LogP contribution < -0.4 is 0 Å². The van der Waals surface area contributed by atoms with Gasteiger partial charge in [0.1, 0.15) is 11.3 Å². The summed E-state index contributed by atoms with van der Waals surface area (Å²) in [5.74, 6) is 1.56. The fraction of sp³-hybridized carbons (Fsp3) is 0.515. The van der Waals surface area contributed by atoms with Crippen LogP contribution in [0.3, 0.4) is 0 Å². The molecule has 7 heteroatoms. The monoisotopic (exact) mass is 541 g/mol. The molecule has 2 heterocycles. The maximum absolute atomic E-state index is 12.6. The molecule has 7 nitrogen and oxygen atoms in total. The third-order valence-corrected chi connectivity index (χ3v) is 9.53. The first-order chi connectivity index (χ1) is 19.1. The summed E-state index contributed by atoms with van der Waals surface area (Å²) in [5, 5.41) is 18.9. The summed E-state index contributed by atoms with van der Waals surface area (Å²) < 4.78 is 4.04. The Kier molecular flexibility index (Phi) is 7.85. The zero-order chi connectivity index (χ0) is 28.6. The molecule has 1 atom stereocenters. The Balaban J connectivity index is 1.48. The predicted octanol–water partition coefficient (Wildman–Crippen LogP) is 6.83. The Hall–Kier alpha value is -3.48. The summed E-state index contributed by atoms with van der Waals surface area (Å²) in [7, 11) is 1.87. The van der Waals surface area contributed by atoms with Gasteiger partial charge in [-0.1, -0.05) is 55.7 Å². The van der Waals surface area contributed by atoms with E-state index in [0.29, 0.717) is 5.92 Å². The molecule has 0 spiro atoms. The van der Waals surface area contributed by atoms with Crippen LogP contribution in [0.2, 0.25) is 0 Å². The van der Waals surface area contributed by atoms with Gasteiger partial charge in [-0.3, -0.25) is 4.79 Å². The highest BCUT2D eigenvalue weighted by Gasteiger charge is 2.40. The minimum atomic E-state index is -1.04. The molecule has 2 aromatic carbocycles. The van der Waals surface area contributed by atoms with Crippen molar-refractivity contribution in [1.82, 2.24) is 24.5 Å². The van der Waals surface area contributed by atoms with Gasteiger partial charge in [0, 0.05) is 38.3 Å². The summed E-state index contributed by atoms with van der Waals surface area (Å²) >= 11 is 0. The van der Waals surface area contributed by atoms with E-state index in [1.807, 2.05) is 40.1 Å².